The van der Waals surface area contributed by atoms with Crippen LogP contribution in [0.25, 0.3) is 0 Å². The fourth-order valence-corrected chi connectivity index (χ4v) is 3.04. The summed E-state index contributed by atoms with van der Waals surface area (Å²) in [5.41, 5.74) is 2.51. The van der Waals surface area contributed by atoms with Crippen LogP contribution in [-0.2, 0) is 23.8 Å². The zero-order chi connectivity index (χ0) is 13.5. The van der Waals surface area contributed by atoms with Crippen LogP contribution in [0.15, 0.2) is 0 Å². The van der Waals surface area contributed by atoms with Gasteiger partial charge in [-0.05, 0) is 33.1 Å². The minimum absolute atomic E-state index is 0.0593. The van der Waals surface area contributed by atoms with Gasteiger partial charge in [-0.2, -0.15) is 0 Å². The number of hydrogen-bond acceptors (Lipinski definition) is 5. The van der Waals surface area contributed by atoms with E-state index in [1.807, 2.05) is 13.8 Å². The zero-order valence-electron chi connectivity index (χ0n) is 11.4. The molecule has 3 aliphatic heterocycles. The van der Waals surface area contributed by atoms with Gasteiger partial charge in [-0.3, -0.25) is 9.63 Å². The van der Waals surface area contributed by atoms with Gasteiger partial charge in [-0.15, -0.1) is 0 Å². The van der Waals surface area contributed by atoms with Crippen molar-refractivity contribution in [2.45, 2.75) is 57.2 Å². The predicted octanol–water partition coefficient (Wildman–Crippen LogP) is 0.753. The smallest absolute Gasteiger partial charge is 0.249 e. The average molecular weight is 271 g/mol. The van der Waals surface area contributed by atoms with Gasteiger partial charge >= 0.3 is 0 Å². The van der Waals surface area contributed by atoms with Gasteiger partial charge in [0.05, 0.1) is 24.7 Å². The van der Waals surface area contributed by atoms with Crippen molar-refractivity contribution in [1.29, 1.82) is 0 Å². The van der Waals surface area contributed by atoms with E-state index in [-0.39, 0.29) is 30.1 Å². The van der Waals surface area contributed by atoms with Gasteiger partial charge in [0.25, 0.3) is 0 Å². The Balaban J connectivity index is 1.37. The zero-order valence-corrected chi connectivity index (χ0v) is 11.4. The van der Waals surface area contributed by atoms with Crippen LogP contribution in [0.3, 0.4) is 0 Å². The lowest BCUT2D eigenvalue weighted by Gasteiger charge is -2.19. The van der Waals surface area contributed by atoms with Crippen molar-refractivity contribution in [1.82, 2.24) is 5.48 Å². The Kier molecular flexibility index (Phi) is 3.51. The summed E-state index contributed by atoms with van der Waals surface area (Å²) in [6.45, 7) is 4.51. The summed E-state index contributed by atoms with van der Waals surface area (Å²) < 4.78 is 16.6. The highest BCUT2D eigenvalue weighted by molar-refractivity contribution is 5.78. The van der Waals surface area contributed by atoms with Crippen LogP contribution in [0.5, 0.6) is 0 Å². The minimum Gasteiger partial charge on any atom is -0.374 e. The molecule has 0 spiro atoms. The molecule has 6 nitrogen and oxygen atoms in total. The number of nitrogens with one attached hydrogen (secondary N) is 1. The molecule has 0 saturated carbocycles. The molecule has 3 heterocycles. The molecule has 0 aliphatic carbocycles. The molecule has 3 rings (SSSR count). The number of hydroxylamine groups is 1. The van der Waals surface area contributed by atoms with Gasteiger partial charge in [0, 0.05) is 0 Å². The van der Waals surface area contributed by atoms with Gasteiger partial charge in [-0.25, -0.2) is 5.48 Å². The third-order valence-electron chi connectivity index (χ3n) is 3.95. The first-order valence-corrected chi connectivity index (χ1v) is 6.92. The second-order valence-electron chi connectivity index (χ2n) is 5.94. The van der Waals surface area contributed by atoms with E-state index in [0.29, 0.717) is 13.2 Å². The van der Waals surface area contributed by atoms with E-state index in [4.69, 9.17) is 19.0 Å². The van der Waals surface area contributed by atoms with Crippen molar-refractivity contribution in [2.75, 3.05) is 13.2 Å². The van der Waals surface area contributed by atoms with Gasteiger partial charge < -0.3 is 14.2 Å². The molecule has 1 N–H and O–H groups in total. The lowest BCUT2D eigenvalue weighted by molar-refractivity contribution is -0.155. The topological polar surface area (TPSA) is 66.0 Å². The summed E-state index contributed by atoms with van der Waals surface area (Å²) in [5, 5.41) is 0. The Morgan fingerprint density at radius 2 is 2.26 bits per heavy atom. The molecule has 19 heavy (non-hydrogen) atoms. The van der Waals surface area contributed by atoms with Gasteiger partial charge in [0.15, 0.2) is 5.79 Å². The molecule has 3 fully saturated rings. The fraction of sp³-hybridized carbons (Fsp3) is 0.923. The lowest BCUT2D eigenvalue weighted by Crippen LogP contribution is -2.38. The Hall–Kier alpha value is -0.690. The monoisotopic (exact) mass is 271 g/mol. The van der Waals surface area contributed by atoms with Crippen LogP contribution < -0.4 is 5.48 Å². The largest absolute Gasteiger partial charge is 0.374 e. The second kappa shape index (κ2) is 5.01. The van der Waals surface area contributed by atoms with Crippen LogP contribution in [-0.4, -0.2) is 43.2 Å². The normalized spacial score (nSPS) is 39.7. The minimum atomic E-state index is -0.559. The first-order chi connectivity index (χ1) is 9.03. The summed E-state index contributed by atoms with van der Waals surface area (Å²) in [5.74, 6) is -0.697. The first kappa shape index (κ1) is 13.3. The van der Waals surface area contributed by atoms with Crippen molar-refractivity contribution in [3.63, 3.8) is 0 Å². The van der Waals surface area contributed by atoms with Crippen LogP contribution >= 0.6 is 0 Å². The third kappa shape index (κ3) is 2.91. The highest BCUT2D eigenvalue weighted by atomic mass is 16.8. The van der Waals surface area contributed by atoms with E-state index in [1.54, 1.807) is 0 Å². The molecule has 1 unspecified atom stereocenters. The van der Waals surface area contributed by atoms with Crippen LogP contribution in [0, 0.1) is 5.92 Å². The van der Waals surface area contributed by atoms with Crippen molar-refractivity contribution in [2.24, 2.45) is 5.92 Å². The number of rotatable bonds is 4. The quantitative estimate of drug-likeness (QED) is 0.764. The molecule has 0 radical (unpaired) electrons. The maximum Gasteiger partial charge on any atom is 0.249 e. The molecule has 0 aromatic rings. The summed E-state index contributed by atoms with van der Waals surface area (Å²) >= 11 is 0. The molecule has 108 valence electrons. The van der Waals surface area contributed by atoms with E-state index >= 15 is 0 Å². The lowest BCUT2D eigenvalue weighted by atomic mass is 9.89. The molecule has 0 aromatic heterocycles. The van der Waals surface area contributed by atoms with Crippen LogP contribution in [0.4, 0.5) is 0 Å². The van der Waals surface area contributed by atoms with Gasteiger partial charge in [0.1, 0.15) is 12.7 Å². The Morgan fingerprint density at radius 1 is 1.42 bits per heavy atom. The highest BCUT2D eigenvalue weighted by Crippen LogP contribution is 2.38. The summed E-state index contributed by atoms with van der Waals surface area (Å²) in [7, 11) is 0. The first-order valence-electron chi connectivity index (χ1n) is 6.92. The van der Waals surface area contributed by atoms with Crippen molar-refractivity contribution < 1.29 is 23.8 Å². The van der Waals surface area contributed by atoms with E-state index < -0.39 is 5.79 Å². The summed E-state index contributed by atoms with van der Waals surface area (Å²) in [6, 6.07) is 0. The standard InChI is InChI=1S/C13H21NO5/c1-13(2)16-6-9(19-13)7-17-14-12(15)10-5-8-3-4-11(10)18-8/h8-11H,3-7H2,1-2H3,(H,14,15)/t8-,9?,10+,11+/m0/s1. The van der Waals surface area contributed by atoms with Crippen molar-refractivity contribution in [3.05, 3.63) is 0 Å². The van der Waals surface area contributed by atoms with Gasteiger partial charge in [-0.1, -0.05) is 0 Å². The summed E-state index contributed by atoms with van der Waals surface area (Å²) in [6.07, 6.45) is 3.10. The molecule has 2 bridgehead atoms. The molecule has 3 aliphatic rings. The number of ether oxygens (including phenoxy) is 3. The average Bonchev–Trinajstić information content (AvgIpc) is 3.04. The molecular weight excluding hydrogens is 250 g/mol. The second-order valence-corrected chi connectivity index (χ2v) is 5.94. The third-order valence-corrected chi connectivity index (χ3v) is 3.95. The summed E-state index contributed by atoms with van der Waals surface area (Å²) in [4.78, 5) is 17.2. The van der Waals surface area contributed by atoms with E-state index in [0.717, 1.165) is 19.3 Å². The Labute approximate surface area is 112 Å². The highest BCUT2D eigenvalue weighted by Gasteiger charge is 2.44. The molecular formula is C13H21NO5. The molecule has 0 aromatic carbocycles. The Bertz CT molecular complexity index is 359. The molecule has 3 saturated heterocycles. The Morgan fingerprint density at radius 3 is 2.84 bits per heavy atom. The van der Waals surface area contributed by atoms with E-state index in [9.17, 15) is 4.79 Å². The van der Waals surface area contributed by atoms with Gasteiger partial charge in [0.2, 0.25) is 5.91 Å². The molecule has 4 atom stereocenters. The maximum absolute atomic E-state index is 11.9. The van der Waals surface area contributed by atoms with E-state index in [1.165, 1.54) is 0 Å². The number of carbonyl (C=O) groups excluding carboxylic acids is 1. The number of carbonyl (C=O) groups is 1. The van der Waals surface area contributed by atoms with Crippen molar-refractivity contribution in [3.8, 4) is 0 Å². The molecule has 6 heteroatoms. The van der Waals surface area contributed by atoms with Crippen molar-refractivity contribution >= 4 is 5.91 Å². The van der Waals surface area contributed by atoms with Crippen LogP contribution in [0.1, 0.15) is 33.1 Å². The predicted molar refractivity (Wildman–Crippen MR) is 65.0 cm³/mol. The maximum atomic E-state index is 11.9. The molecule has 1 amide bonds. The van der Waals surface area contributed by atoms with Crippen LogP contribution in [0.2, 0.25) is 0 Å². The number of fused-ring (bicyclic) bond motifs is 2. The van der Waals surface area contributed by atoms with E-state index in [2.05, 4.69) is 5.48 Å². The number of hydrogen-bond donors (Lipinski definition) is 1. The number of amides is 1. The SMILES string of the molecule is CC1(C)OCC(CONC(=O)[C@@H]2C[C@@H]3CC[C@H]2O3)O1. The fourth-order valence-electron chi connectivity index (χ4n) is 3.04.